The molecule has 0 aliphatic heterocycles. The third-order valence-electron chi connectivity index (χ3n) is 2.18. The average molecular weight is 284 g/mol. The number of rotatable bonds is 2. The Balaban J connectivity index is 2.41. The molecule has 78 valence electrons. The smallest absolute Gasteiger partial charge is 0.118 e. The van der Waals surface area contributed by atoms with Gasteiger partial charge in [-0.1, -0.05) is 12.1 Å². The monoisotopic (exact) mass is 283 g/mol. The Morgan fingerprint density at radius 3 is 2.40 bits per heavy atom. The Morgan fingerprint density at radius 2 is 1.93 bits per heavy atom. The number of hydrogen-bond acceptors (Lipinski definition) is 3. The molecule has 4 heteroatoms. The van der Waals surface area contributed by atoms with E-state index >= 15 is 0 Å². The summed E-state index contributed by atoms with van der Waals surface area (Å²) in [5.74, 6) is 0.853. The van der Waals surface area contributed by atoms with E-state index in [4.69, 9.17) is 10.5 Å². The van der Waals surface area contributed by atoms with Crippen molar-refractivity contribution in [2.24, 2.45) is 0 Å². The molecule has 0 fully saturated rings. The van der Waals surface area contributed by atoms with E-state index in [2.05, 4.69) is 15.9 Å². The zero-order valence-electron chi connectivity index (χ0n) is 8.16. The first kappa shape index (κ1) is 10.5. The fourth-order valence-electron chi connectivity index (χ4n) is 1.34. The number of anilines is 1. The maximum atomic E-state index is 5.94. The number of nitrogens with two attached hydrogens (primary N) is 1. The number of ether oxygens (including phenoxy) is 1. The SMILES string of the molecule is COc1ccc(-c2csc(Br)c2N)cc1. The molecule has 0 amide bonds. The molecule has 0 spiro atoms. The minimum absolute atomic E-state index is 0.796. The summed E-state index contributed by atoms with van der Waals surface area (Å²) in [7, 11) is 1.66. The lowest BCUT2D eigenvalue weighted by Crippen LogP contribution is -1.86. The molecular formula is C11H10BrNOS. The molecule has 2 rings (SSSR count). The van der Waals surface area contributed by atoms with Gasteiger partial charge in [0.05, 0.1) is 16.6 Å². The first-order valence-corrected chi connectivity index (χ1v) is 6.06. The van der Waals surface area contributed by atoms with Crippen LogP contribution in [-0.2, 0) is 0 Å². The zero-order valence-corrected chi connectivity index (χ0v) is 10.6. The summed E-state index contributed by atoms with van der Waals surface area (Å²) in [6, 6.07) is 7.87. The molecular weight excluding hydrogens is 274 g/mol. The van der Waals surface area contributed by atoms with Gasteiger partial charge in [-0.3, -0.25) is 0 Å². The van der Waals surface area contributed by atoms with Crippen LogP contribution in [0.4, 0.5) is 5.69 Å². The van der Waals surface area contributed by atoms with E-state index in [9.17, 15) is 0 Å². The third-order valence-corrected chi connectivity index (χ3v) is 3.95. The number of hydrogen-bond donors (Lipinski definition) is 1. The van der Waals surface area contributed by atoms with E-state index in [0.717, 1.165) is 26.4 Å². The summed E-state index contributed by atoms with van der Waals surface area (Å²) >= 11 is 5.01. The van der Waals surface area contributed by atoms with Gasteiger partial charge in [-0.05, 0) is 33.6 Å². The van der Waals surface area contributed by atoms with Crippen molar-refractivity contribution in [3.8, 4) is 16.9 Å². The molecule has 1 heterocycles. The van der Waals surface area contributed by atoms with Gasteiger partial charge in [-0.15, -0.1) is 11.3 Å². The van der Waals surface area contributed by atoms with E-state index in [1.165, 1.54) is 0 Å². The van der Waals surface area contributed by atoms with Gasteiger partial charge in [0.1, 0.15) is 5.75 Å². The quantitative estimate of drug-likeness (QED) is 0.911. The highest BCUT2D eigenvalue weighted by atomic mass is 79.9. The number of nitrogen functional groups attached to an aromatic ring is 1. The number of methoxy groups -OCH3 is 1. The van der Waals surface area contributed by atoms with Crippen molar-refractivity contribution in [1.82, 2.24) is 0 Å². The van der Waals surface area contributed by atoms with Crippen LogP contribution in [0.1, 0.15) is 0 Å². The maximum absolute atomic E-state index is 5.94. The normalized spacial score (nSPS) is 10.3. The average Bonchev–Trinajstić information content (AvgIpc) is 2.60. The molecule has 0 saturated carbocycles. The minimum Gasteiger partial charge on any atom is -0.497 e. The second-order valence-corrected chi connectivity index (χ2v) is 5.26. The van der Waals surface area contributed by atoms with Crippen molar-refractivity contribution in [3.05, 3.63) is 33.4 Å². The lowest BCUT2D eigenvalue weighted by Gasteiger charge is -2.02. The molecule has 1 aromatic heterocycles. The van der Waals surface area contributed by atoms with Gasteiger partial charge >= 0.3 is 0 Å². The van der Waals surface area contributed by atoms with Gasteiger partial charge in [0.25, 0.3) is 0 Å². The van der Waals surface area contributed by atoms with Crippen LogP contribution in [0.5, 0.6) is 5.75 Å². The standard InChI is InChI=1S/C11H10BrNOS/c1-14-8-4-2-7(3-5-8)9-6-15-11(12)10(9)13/h2-6H,13H2,1H3. The number of thiophene rings is 1. The molecule has 0 aliphatic rings. The Morgan fingerprint density at radius 1 is 1.27 bits per heavy atom. The molecule has 0 radical (unpaired) electrons. The molecule has 0 bridgehead atoms. The van der Waals surface area contributed by atoms with Gasteiger partial charge in [-0.25, -0.2) is 0 Å². The summed E-state index contributed by atoms with van der Waals surface area (Å²) in [6.45, 7) is 0. The molecule has 0 unspecified atom stereocenters. The van der Waals surface area contributed by atoms with Crippen LogP contribution in [0.25, 0.3) is 11.1 Å². The Hall–Kier alpha value is -1.00. The molecule has 1 aromatic carbocycles. The van der Waals surface area contributed by atoms with Crippen LogP contribution in [-0.4, -0.2) is 7.11 Å². The Kier molecular flexibility index (Phi) is 2.98. The van der Waals surface area contributed by atoms with Gasteiger partial charge in [-0.2, -0.15) is 0 Å². The summed E-state index contributed by atoms with van der Waals surface area (Å²) in [6.07, 6.45) is 0. The van der Waals surface area contributed by atoms with Crippen LogP contribution in [0.15, 0.2) is 33.4 Å². The van der Waals surface area contributed by atoms with Crippen molar-refractivity contribution in [3.63, 3.8) is 0 Å². The van der Waals surface area contributed by atoms with Gasteiger partial charge in [0.15, 0.2) is 0 Å². The summed E-state index contributed by atoms with van der Waals surface area (Å²) < 4.78 is 6.08. The number of benzene rings is 1. The Bertz CT molecular complexity index is 464. The summed E-state index contributed by atoms with van der Waals surface area (Å²) in [5.41, 5.74) is 8.91. The highest BCUT2D eigenvalue weighted by Gasteiger charge is 2.07. The number of halogens is 1. The van der Waals surface area contributed by atoms with E-state index < -0.39 is 0 Å². The highest BCUT2D eigenvalue weighted by molar-refractivity contribution is 9.11. The molecule has 0 atom stereocenters. The van der Waals surface area contributed by atoms with Crippen LogP contribution in [0.2, 0.25) is 0 Å². The summed E-state index contributed by atoms with van der Waals surface area (Å²) in [5, 5.41) is 2.04. The van der Waals surface area contributed by atoms with Gasteiger partial charge in [0.2, 0.25) is 0 Å². The molecule has 2 aromatic rings. The van der Waals surface area contributed by atoms with E-state index in [1.54, 1.807) is 18.4 Å². The predicted octanol–water partition coefficient (Wildman–Crippen LogP) is 3.77. The van der Waals surface area contributed by atoms with E-state index in [-0.39, 0.29) is 0 Å². The van der Waals surface area contributed by atoms with Crippen molar-refractivity contribution >= 4 is 33.0 Å². The van der Waals surface area contributed by atoms with Crippen LogP contribution in [0, 0.1) is 0 Å². The molecule has 0 saturated heterocycles. The lowest BCUT2D eigenvalue weighted by atomic mass is 10.1. The first-order chi connectivity index (χ1) is 7.22. The first-order valence-electron chi connectivity index (χ1n) is 4.39. The van der Waals surface area contributed by atoms with Crippen molar-refractivity contribution in [2.75, 3.05) is 12.8 Å². The third kappa shape index (κ3) is 2.01. The predicted molar refractivity (Wildman–Crippen MR) is 68.4 cm³/mol. The topological polar surface area (TPSA) is 35.2 Å². The van der Waals surface area contributed by atoms with Crippen molar-refractivity contribution < 1.29 is 4.74 Å². The second-order valence-electron chi connectivity index (χ2n) is 3.07. The van der Waals surface area contributed by atoms with Gasteiger partial charge < -0.3 is 10.5 Å². The van der Waals surface area contributed by atoms with Gasteiger partial charge in [0, 0.05) is 10.9 Å². The largest absolute Gasteiger partial charge is 0.497 e. The summed E-state index contributed by atoms with van der Waals surface area (Å²) in [4.78, 5) is 0. The van der Waals surface area contributed by atoms with Crippen molar-refractivity contribution in [2.45, 2.75) is 0 Å². The fourth-order valence-corrected chi connectivity index (χ4v) is 2.55. The minimum atomic E-state index is 0.796. The van der Waals surface area contributed by atoms with Crippen molar-refractivity contribution in [1.29, 1.82) is 0 Å². The lowest BCUT2D eigenvalue weighted by molar-refractivity contribution is 0.415. The maximum Gasteiger partial charge on any atom is 0.118 e. The molecule has 2 nitrogen and oxygen atoms in total. The van der Waals surface area contributed by atoms with E-state index in [0.29, 0.717) is 0 Å². The second kappa shape index (κ2) is 4.24. The highest BCUT2D eigenvalue weighted by Crippen LogP contribution is 2.37. The van der Waals surface area contributed by atoms with Crippen LogP contribution < -0.4 is 10.5 Å². The zero-order chi connectivity index (χ0) is 10.8. The fraction of sp³-hybridized carbons (Fsp3) is 0.0909. The molecule has 2 N–H and O–H groups in total. The van der Waals surface area contributed by atoms with Crippen LogP contribution >= 0.6 is 27.3 Å². The molecule has 0 aliphatic carbocycles. The molecule has 15 heavy (non-hydrogen) atoms. The van der Waals surface area contributed by atoms with Crippen LogP contribution in [0.3, 0.4) is 0 Å². The Labute approximate surface area is 101 Å². The van der Waals surface area contributed by atoms with E-state index in [1.807, 2.05) is 29.6 Å².